The number of nitrogens with two attached hydrogens (primary N) is 1. The first-order valence-electron chi connectivity index (χ1n) is 7.89. The van der Waals surface area contributed by atoms with E-state index in [9.17, 15) is 0 Å². The molecule has 4 aliphatic rings. The summed E-state index contributed by atoms with van der Waals surface area (Å²) in [5, 5.41) is 0. The van der Waals surface area contributed by atoms with Gasteiger partial charge in [-0.2, -0.15) is 0 Å². The monoisotopic (exact) mass is 273 g/mol. The highest BCUT2D eigenvalue weighted by Gasteiger charge is 2.51. The van der Waals surface area contributed by atoms with Gasteiger partial charge in [0.1, 0.15) is 6.61 Å². The van der Waals surface area contributed by atoms with Gasteiger partial charge in [0.2, 0.25) is 0 Å². The average molecular weight is 273 g/mol. The van der Waals surface area contributed by atoms with Crippen molar-refractivity contribution in [2.45, 2.75) is 57.3 Å². The first-order chi connectivity index (χ1) is 9.75. The van der Waals surface area contributed by atoms with Crippen molar-refractivity contribution in [1.82, 2.24) is 9.97 Å². The largest absolute Gasteiger partial charge is 0.367 e. The Labute approximate surface area is 120 Å². The Kier molecular flexibility index (Phi) is 3.04. The van der Waals surface area contributed by atoms with Gasteiger partial charge in [0, 0.05) is 12.7 Å². The minimum atomic E-state index is 0.136. The zero-order valence-corrected chi connectivity index (χ0v) is 11.9. The lowest BCUT2D eigenvalue weighted by molar-refractivity contribution is -0.170. The molecule has 0 saturated heterocycles. The van der Waals surface area contributed by atoms with Crippen molar-refractivity contribution >= 4 is 0 Å². The molecule has 4 aliphatic carbocycles. The van der Waals surface area contributed by atoms with Crippen LogP contribution in [0, 0.1) is 17.8 Å². The maximum atomic E-state index is 6.36. The lowest BCUT2D eigenvalue weighted by Crippen LogP contribution is -2.51. The van der Waals surface area contributed by atoms with Gasteiger partial charge in [0.15, 0.2) is 5.82 Å². The molecule has 0 aromatic carbocycles. The van der Waals surface area contributed by atoms with E-state index in [4.69, 9.17) is 10.5 Å². The Hall–Kier alpha value is -1.00. The Morgan fingerprint density at radius 1 is 1.15 bits per heavy atom. The van der Waals surface area contributed by atoms with E-state index in [0.717, 1.165) is 29.3 Å². The van der Waals surface area contributed by atoms with Crippen molar-refractivity contribution in [1.29, 1.82) is 0 Å². The van der Waals surface area contributed by atoms with Crippen LogP contribution in [0.15, 0.2) is 12.3 Å². The topological polar surface area (TPSA) is 61.0 Å². The molecule has 4 saturated carbocycles. The van der Waals surface area contributed by atoms with Crippen molar-refractivity contribution in [3.8, 4) is 0 Å². The molecule has 108 valence electrons. The smallest absolute Gasteiger partial charge is 0.154 e. The van der Waals surface area contributed by atoms with E-state index < -0.39 is 0 Å². The highest BCUT2D eigenvalue weighted by Crippen LogP contribution is 2.57. The van der Waals surface area contributed by atoms with Gasteiger partial charge in [0.05, 0.1) is 11.3 Å². The van der Waals surface area contributed by atoms with E-state index in [-0.39, 0.29) is 5.60 Å². The number of hydrogen-bond donors (Lipinski definition) is 1. The third kappa shape index (κ3) is 2.25. The van der Waals surface area contributed by atoms with Crippen LogP contribution in [0.2, 0.25) is 0 Å². The summed E-state index contributed by atoms with van der Waals surface area (Å²) in [5.41, 5.74) is 6.66. The van der Waals surface area contributed by atoms with E-state index in [1.165, 1.54) is 38.5 Å². The molecule has 4 fully saturated rings. The minimum absolute atomic E-state index is 0.136. The molecule has 4 bridgehead atoms. The van der Waals surface area contributed by atoms with Crippen LogP contribution in [0.25, 0.3) is 0 Å². The maximum absolute atomic E-state index is 6.36. The van der Waals surface area contributed by atoms with Crippen LogP contribution in [-0.4, -0.2) is 15.6 Å². The highest BCUT2D eigenvalue weighted by molar-refractivity contribution is 5.04. The number of ether oxygens (including phenoxy) is 1. The zero-order valence-electron chi connectivity index (χ0n) is 11.9. The molecule has 0 aliphatic heterocycles. The number of nitrogens with zero attached hydrogens (tertiary/aromatic N) is 2. The van der Waals surface area contributed by atoms with E-state index in [2.05, 4.69) is 9.97 Å². The van der Waals surface area contributed by atoms with Gasteiger partial charge >= 0.3 is 0 Å². The Morgan fingerprint density at radius 3 is 2.40 bits per heavy atom. The molecule has 5 rings (SSSR count). The van der Waals surface area contributed by atoms with Crippen LogP contribution in [0.3, 0.4) is 0 Å². The van der Waals surface area contributed by atoms with Gasteiger partial charge in [0.25, 0.3) is 0 Å². The summed E-state index contributed by atoms with van der Waals surface area (Å²) in [7, 11) is 0. The number of rotatable bonds is 4. The van der Waals surface area contributed by atoms with Gasteiger partial charge in [-0.1, -0.05) is 0 Å². The minimum Gasteiger partial charge on any atom is -0.367 e. The lowest BCUT2D eigenvalue weighted by atomic mass is 9.54. The van der Waals surface area contributed by atoms with Gasteiger partial charge in [-0.05, 0) is 62.3 Å². The number of hydrogen-bond acceptors (Lipinski definition) is 4. The van der Waals surface area contributed by atoms with Gasteiger partial charge < -0.3 is 10.5 Å². The van der Waals surface area contributed by atoms with Gasteiger partial charge in [-0.15, -0.1) is 0 Å². The van der Waals surface area contributed by atoms with Crippen LogP contribution in [0.1, 0.15) is 50.0 Å². The summed E-state index contributed by atoms with van der Waals surface area (Å²) in [6, 6.07) is 1.87. The summed E-state index contributed by atoms with van der Waals surface area (Å²) in [6.07, 6.45) is 9.90. The van der Waals surface area contributed by atoms with Crippen LogP contribution in [-0.2, 0) is 17.9 Å². The van der Waals surface area contributed by atoms with Gasteiger partial charge in [-0.3, -0.25) is 0 Å². The zero-order chi connectivity index (χ0) is 13.6. The predicted molar refractivity (Wildman–Crippen MR) is 75.6 cm³/mol. The van der Waals surface area contributed by atoms with Crippen molar-refractivity contribution < 1.29 is 4.74 Å². The van der Waals surface area contributed by atoms with Crippen LogP contribution in [0.4, 0.5) is 0 Å². The first-order valence-corrected chi connectivity index (χ1v) is 7.89. The van der Waals surface area contributed by atoms with Crippen molar-refractivity contribution in [2.24, 2.45) is 23.5 Å². The Morgan fingerprint density at radius 2 is 1.80 bits per heavy atom. The van der Waals surface area contributed by atoms with Crippen molar-refractivity contribution in [2.75, 3.05) is 0 Å². The second-order valence-electron chi connectivity index (χ2n) is 7.06. The molecule has 0 radical (unpaired) electrons. The molecule has 4 heteroatoms. The molecule has 4 nitrogen and oxygen atoms in total. The fourth-order valence-corrected chi connectivity index (χ4v) is 5.05. The van der Waals surface area contributed by atoms with Crippen LogP contribution in [0.5, 0.6) is 0 Å². The fourth-order valence-electron chi connectivity index (χ4n) is 5.05. The summed E-state index contributed by atoms with van der Waals surface area (Å²) in [6.45, 7) is 1.01. The summed E-state index contributed by atoms with van der Waals surface area (Å²) in [4.78, 5) is 8.76. The highest BCUT2D eigenvalue weighted by atomic mass is 16.5. The summed E-state index contributed by atoms with van der Waals surface area (Å²) < 4.78 is 6.36. The molecular weight excluding hydrogens is 250 g/mol. The SMILES string of the molecule is NCc1ccnc(COC23CC4CC(CC(C4)C2)C3)n1. The molecule has 1 heterocycles. The Balaban J connectivity index is 1.46. The third-order valence-electron chi connectivity index (χ3n) is 5.46. The summed E-state index contributed by atoms with van der Waals surface area (Å²) >= 11 is 0. The standard InChI is InChI=1S/C16H23N3O/c17-9-14-1-2-18-15(19-14)10-20-16-6-11-3-12(7-16)5-13(4-11)8-16/h1-2,11-13H,3-10,17H2. The molecule has 0 unspecified atom stereocenters. The van der Waals surface area contributed by atoms with E-state index in [0.29, 0.717) is 13.2 Å². The molecule has 0 amide bonds. The number of aromatic nitrogens is 2. The van der Waals surface area contributed by atoms with Gasteiger partial charge in [-0.25, -0.2) is 9.97 Å². The quantitative estimate of drug-likeness (QED) is 0.915. The van der Waals surface area contributed by atoms with Crippen LogP contribution >= 0.6 is 0 Å². The molecule has 0 atom stereocenters. The molecule has 1 aromatic rings. The van der Waals surface area contributed by atoms with E-state index in [1.807, 2.05) is 6.07 Å². The average Bonchev–Trinajstić information content (AvgIpc) is 2.44. The van der Waals surface area contributed by atoms with Crippen molar-refractivity contribution in [3.05, 3.63) is 23.8 Å². The lowest BCUT2D eigenvalue weighted by Gasteiger charge is -2.56. The maximum Gasteiger partial charge on any atom is 0.154 e. The normalized spacial score (nSPS) is 38.4. The van der Waals surface area contributed by atoms with E-state index in [1.54, 1.807) is 6.20 Å². The molecule has 1 aromatic heterocycles. The Bertz CT molecular complexity index is 467. The second kappa shape index (κ2) is 4.78. The third-order valence-corrected chi connectivity index (χ3v) is 5.46. The molecular formula is C16H23N3O. The summed E-state index contributed by atoms with van der Waals surface area (Å²) in [5.74, 6) is 3.52. The molecule has 20 heavy (non-hydrogen) atoms. The first kappa shape index (κ1) is 12.7. The molecule has 2 N–H and O–H groups in total. The fraction of sp³-hybridized carbons (Fsp3) is 0.750. The predicted octanol–water partition coefficient (Wildman–Crippen LogP) is 2.42. The molecule has 0 spiro atoms. The van der Waals surface area contributed by atoms with E-state index >= 15 is 0 Å². The van der Waals surface area contributed by atoms with Crippen molar-refractivity contribution in [3.63, 3.8) is 0 Å². The second-order valence-corrected chi connectivity index (χ2v) is 7.06. The van der Waals surface area contributed by atoms with Crippen LogP contribution < -0.4 is 5.73 Å².